The zero-order valence-electron chi connectivity index (χ0n) is 15.6. The molecule has 1 N–H and O–H groups in total. The number of likely N-dealkylation sites (tertiary alicyclic amines) is 1. The van der Waals surface area contributed by atoms with Crippen LogP contribution in [-0.2, 0) is 6.54 Å². The van der Waals surface area contributed by atoms with E-state index in [4.69, 9.17) is 9.47 Å². The van der Waals surface area contributed by atoms with Gasteiger partial charge in [0, 0.05) is 13.1 Å². The van der Waals surface area contributed by atoms with Gasteiger partial charge in [-0.15, -0.1) is 12.4 Å². The van der Waals surface area contributed by atoms with Crippen molar-refractivity contribution in [1.29, 1.82) is 0 Å². The van der Waals surface area contributed by atoms with Gasteiger partial charge in [-0.25, -0.2) is 0 Å². The summed E-state index contributed by atoms with van der Waals surface area (Å²) in [5.41, 5.74) is 1.47. The van der Waals surface area contributed by atoms with Crippen molar-refractivity contribution >= 4 is 12.4 Å². The van der Waals surface area contributed by atoms with E-state index in [1.807, 2.05) is 19.1 Å². The Morgan fingerprint density at radius 1 is 1.11 bits per heavy atom. The molecule has 2 fully saturated rings. The highest BCUT2D eigenvalue weighted by molar-refractivity contribution is 5.85. The molecule has 27 heavy (non-hydrogen) atoms. The minimum atomic E-state index is -4.36. The molecule has 2 saturated heterocycles. The van der Waals surface area contributed by atoms with Crippen LogP contribution < -0.4 is 14.8 Å². The summed E-state index contributed by atoms with van der Waals surface area (Å²) >= 11 is 0. The first kappa shape index (κ1) is 22.1. The van der Waals surface area contributed by atoms with E-state index in [1.165, 1.54) is 19.3 Å². The van der Waals surface area contributed by atoms with Gasteiger partial charge in [0.05, 0.1) is 6.61 Å². The van der Waals surface area contributed by atoms with Crippen molar-refractivity contribution in [2.75, 3.05) is 39.4 Å². The van der Waals surface area contributed by atoms with Crippen LogP contribution in [0.15, 0.2) is 18.2 Å². The predicted molar refractivity (Wildman–Crippen MR) is 101 cm³/mol. The molecule has 1 aromatic carbocycles. The fourth-order valence-electron chi connectivity index (χ4n) is 3.98. The highest BCUT2D eigenvalue weighted by atomic mass is 35.5. The van der Waals surface area contributed by atoms with E-state index in [0.29, 0.717) is 17.8 Å². The molecule has 1 spiro atoms. The smallest absolute Gasteiger partial charge is 0.422 e. The summed E-state index contributed by atoms with van der Waals surface area (Å²) in [5, 5.41) is 3.42. The van der Waals surface area contributed by atoms with E-state index < -0.39 is 12.8 Å². The van der Waals surface area contributed by atoms with Crippen LogP contribution in [0.2, 0.25) is 0 Å². The highest BCUT2D eigenvalue weighted by Gasteiger charge is 2.38. The Hall–Kier alpha value is -1.18. The Balaban J connectivity index is 0.00000261. The molecule has 4 nitrogen and oxygen atoms in total. The van der Waals surface area contributed by atoms with Gasteiger partial charge in [0.15, 0.2) is 18.1 Å². The van der Waals surface area contributed by atoms with Gasteiger partial charge in [-0.05, 0) is 68.9 Å². The Morgan fingerprint density at radius 3 is 2.52 bits per heavy atom. The Labute approximate surface area is 164 Å². The largest absolute Gasteiger partial charge is 0.490 e. The van der Waals surface area contributed by atoms with Gasteiger partial charge < -0.3 is 14.8 Å². The topological polar surface area (TPSA) is 33.7 Å². The molecule has 0 atom stereocenters. The first-order valence-corrected chi connectivity index (χ1v) is 9.27. The molecule has 2 heterocycles. The van der Waals surface area contributed by atoms with Crippen molar-refractivity contribution in [2.45, 2.75) is 38.9 Å². The summed E-state index contributed by atoms with van der Waals surface area (Å²) in [4.78, 5) is 2.44. The van der Waals surface area contributed by atoms with Gasteiger partial charge in [-0.2, -0.15) is 13.2 Å². The van der Waals surface area contributed by atoms with Gasteiger partial charge in [0.25, 0.3) is 0 Å². The molecule has 0 bridgehead atoms. The number of piperidine rings is 1. The van der Waals surface area contributed by atoms with Gasteiger partial charge in [0.2, 0.25) is 0 Å². The minimum Gasteiger partial charge on any atom is -0.490 e. The number of benzene rings is 1. The van der Waals surface area contributed by atoms with Crippen molar-refractivity contribution < 1.29 is 22.6 Å². The highest BCUT2D eigenvalue weighted by Crippen LogP contribution is 2.39. The van der Waals surface area contributed by atoms with E-state index in [0.717, 1.165) is 38.3 Å². The standard InChI is InChI=1S/C19H27F3N2O2.ClH/c1-2-25-17-11-15(3-4-16(17)26-14-19(20,21)22)12-24-10-7-18(13-24)5-8-23-9-6-18;/h3-4,11,23H,2,5-10,12-14H2,1H3;1H. The first-order chi connectivity index (χ1) is 12.4. The molecule has 0 unspecified atom stereocenters. The monoisotopic (exact) mass is 408 g/mol. The predicted octanol–water partition coefficient (Wildman–Crippen LogP) is 4.02. The number of hydrogen-bond donors (Lipinski definition) is 1. The SMILES string of the molecule is CCOc1cc(CN2CCC3(CCNCC3)C2)ccc1OCC(F)(F)F.Cl. The van der Waals surface area contributed by atoms with E-state index in [9.17, 15) is 13.2 Å². The lowest BCUT2D eigenvalue weighted by Gasteiger charge is -2.34. The number of nitrogens with zero attached hydrogens (tertiary/aromatic N) is 1. The lowest BCUT2D eigenvalue weighted by atomic mass is 9.78. The summed E-state index contributed by atoms with van der Waals surface area (Å²) in [7, 11) is 0. The molecule has 1 aromatic rings. The second-order valence-electron chi connectivity index (χ2n) is 7.33. The van der Waals surface area contributed by atoms with E-state index in [1.54, 1.807) is 6.07 Å². The van der Waals surface area contributed by atoms with Crippen molar-refractivity contribution in [1.82, 2.24) is 10.2 Å². The van der Waals surface area contributed by atoms with Gasteiger partial charge in [-0.1, -0.05) is 6.07 Å². The molecule has 0 radical (unpaired) electrons. The number of rotatable bonds is 6. The van der Waals surface area contributed by atoms with Crippen molar-refractivity contribution in [3.8, 4) is 11.5 Å². The number of nitrogens with one attached hydrogen (secondary N) is 1. The fourth-order valence-corrected chi connectivity index (χ4v) is 3.98. The average Bonchev–Trinajstić information content (AvgIpc) is 2.96. The summed E-state index contributed by atoms with van der Waals surface area (Å²) in [6, 6.07) is 5.23. The van der Waals surface area contributed by atoms with Crippen molar-refractivity contribution in [3.05, 3.63) is 23.8 Å². The maximum absolute atomic E-state index is 12.4. The van der Waals surface area contributed by atoms with Crippen LogP contribution in [0.25, 0.3) is 0 Å². The van der Waals surface area contributed by atoms with Crippen LogP contribution >= 0.6 is 12.4 Å². The maximum Gasteiger partial charge on any atom is 0.422 e. The molecule has 154 valence electrons. The summed E-state index contributed by atoms with van der Waals surface area (Å²) < 4.78 is 47.6. The Kier molecular flexibility index (Phi) is 7.65. The van der Waals surface area contributed by atoms with Crippen molar-refractivity contribution in [2.24, 2.45) is 5.41 Å². The molecule has 0 amide bonds. The van der Waals surface area contributed by atoms with Gasteiger partial charge >= 0.3 is 6.18 Å². The maximum atomic E-state index is 12.4. The third-order valence-electron chi connectivity index (χ3n) is 5.29. The molecule has 2 aliphatic heterocycles. The summed E-state index contributed by atoms with van der Waals surface area (Å²) in [5.74, 6) is 0.522. The van der Waals surface area contributed by atoms with Gasteiger partial charge in [-0.3, -0.25) is 4.90 Å². The number of alkyl halides is 3. The van der Waals surface area contributed by atoms with Crippen LogP contribution in [0.4, 0.5) is 13.2 Å². The fraction of sp³-hybridized carbons (Fsp3) is 0.684. The molecule has 0 saturated carbocycles. The normalized spacial score (nSPS) is 19.7. The molecule has 0 aromatic heterocycles. The minimum absolute atomic E-state index is 0. The van der Waals surface area contributed by atoms with Gasteiger partial charge in [0.1, 0.15) is 0 Å². The molecule has 8 heteroatoms. The summed E-state index contributed by atoms with van der Waals surface area (Å²) in [6.45, 7) is 6.00. The quantitative estimate of drug-likeness (QED) is 0.770. The zero-order chi connectivity index (χ0) is 18.6. The van der Waals surface area contributed by atoms with E-state index in [-0.39, 0.29) is 18.2 Å². The molecular weight excluding hydrogens is 381 g/mol. The lowest BCUT2D eigenvalue weighted by molar-refractivity contribution is -0.153. The Bertz CT molecular complexity index is 607. The number of ether oxygens (including phenoxy) is 2. The second-order valence-corrected chi connectivity index (χ2v) is 7.33. The third kappa shape index (κ3) is 6.16. The first-order valence-electron chi connectivity index (χ1n) is 9.27. The number of halogens is 4. The van der Waals surface area contributed by atoms with Crippen LogP contribution in [0, 0.1) is 5.41 Å². The molecule has 3 rings (SSSR count). The molecule has 0 aliphatic carbocycles. The van der Waals surface area contributed by atoms with Crippen LogP contribution in [-0.4, -0.2) is 50.5 Å². The van der Waals surface area contributed by atoms with Crippen molar-refractivity contribution in [3.63, 3.8) is 0 Å². The van der Waals surface area contributed by atoms with Crippen LogP contribution in [0.5, 0.6) is 11.5 Å². The summed E-state index contributed by atoms with van der Waals surface area (Å²) in [6.07, 6.45) is -0.698. The third-order valence-corrected chi connectivity index (χ3v) is 5.29. The van der Waals surface area contributed by atoms with E-state index >= 15 is 0 Å². The average molecular weight is 409 g/mol. The van der Waals surface area contributed by atoms with Crippen LogP contribution in [0.3, 0.4) is 0 Å². The van der Waals surface area contributed by atoms with Crippen LogP contribution in [0.1, 0.15) is 31.7 Å². The Morgan fingerprint density at radius 2 is 1.85 bits per heavy atom. The molecular formula is C19H28ClF3N2O2. The zero-order valence-corrected chi connectivity index (χ0v) is 16.4. The number of hydrogen-bond acceptors (Lipinski definition) is 4. The lowest BCUT2D eigenvalue weighted by Crippen LogP contribution is -2.38. The second kappa shape index (κ2) is 9.34. The molecule has 2 aliphatic rings. The van der Waals surface area contributed by atoms with E-state index in [2.05, 4.69) is 10.2 Å².